The molecule has 2 heteroatoms. The third-order valence-electron chi connectivity index (χ3n) is 4.83. The van der Waals surface area contributed by atoms with E-state index in [1.54, 1.807) is 0 Å². The van der Waals surface area contributed by atoms with E-state index in [0.717, 1.165) is 6.54 Å². The largest absolute Gasteiger partial charge is 0.392 e. The molecule has 0 aromatic carbocycles. The number of hydrogen-bond donors (Lipinski definition) is 1. The van der Waals surface area contributed by atoms with Crippen molar-refractivity contribution in [1.82, 2.24) is 4.90 Å². The molecule has 0 spiro atoms. The van der Waals surface area contributed by atoms with Gasteiger partial charge in [-0.15, -0.1) is 0 Å². The molecule has 1 fully saturated rings. The summed E-state index contributed by atoms with van der Waals surface area (Å²) in [7, 11) is 0. The molecular weight excluding hydrogens is 246 g/mol. The molecule has 1 aliphatic heterocycles. The quantitative estimate of drug-likeness (QED) is 0.560. The van der Waals surface area contributed by atoms with Crippen LogP contribution in [0.3, 0.4) is 0 Å². The van der Waals surface area contributed by atoms with Gasteiger partial charge in [0.25, 0.3) is 0 Å². The lowest BCUT2D eigenvalue weighted by atomic mass is 9.96. The SMILES string of the molecule is CCCCCCCCCCCCN1CCC(C)C(O)C1. The first-order chi connectivity index (χ1) is 9.74. The lowest BCUT2D eigenvalue weighted by Crippen LogP contribution is -2.43. The summed E-state index contributed by atoms with van der Waals surface area (Å²) in [6.07, 6.45) is 15.1. The molecule has 1 heterocycles. The zero-order valence-electron chi connectivity index (χ0n) is 13.9. The molecule has 0 bridgehead atoms. The molecule has 0 aromatic heterocycles. The second kappa shape index (κ2) is 11.6. The lowest BCUT2D eigenvalue weighted by molar-refractivity contribution is 0.0286. The molecular formula is C18H37NO. The van der Waals surface area contributed by atoms with Gasteiger partial charge < -0.3 is 10.0 Å². The maximum atomic E-state index is 9.87. The number of β-amino-alcohol motifs (C(OH)–C–C–N with tert-alkyl or cyclic N) is 1. The minimum Gasteiger partial charge on any atom is -0.392 e. The summed E-state index contributed by atoms with van der Waals surface area (Å²) in [5.41, 5.74) is 0. The van der Waals surface area contributed by atoms with Crippen molar-refractivity contribution in [2.24, 2.45) is 5.92 Å². The molecule has 1 rings (SSSR count). The fourth-order valence-electron chi connectivity index (χ4n) is 3.14. The van der Waals surface area contributed by atoms with Gasteiger partial charge >= 0.3 is 0 Å². The van der Waals surface area contributed by atoms with E-state index in [1.807, 2.05) is 0 Å². The van der Waals surface area contributed by atoms with Gasteiger partial charge in [0.2, 0.25) is 0 Å². The number of unbranched alkanes of at least 4 members (excludes halogenated alkanes) is 9. The van der Waals surface area contributed by atoms with Crippen molar-refractivity contribution in [1.29, 1.82) is 0 Å². The minimum atomic E-state index is -0.0909. The van der Waals surface area contributed by atoms with Gasteiger partial charge in [-0.2, -0.15) is 0 Å². The standard InChI is InChI=1S/C18H37NO/c1-3-4-5-6-7-8-9-10-11-12-14-19-15-13-17(2)18(20)16-19/h17-18,20H,3-16H2,1-2H3. The molecule has 2 unspecified atom stereocenters. The van der Waals surface area contributed by atoms with Crippen LogP contribution >= 0.6 is 0 Å². The average molecular weight is 284 g/mol. The number of hydrogen-bond acceptors (Lipinski definition) is 2. The van der Waals surface area contributed by atoms with Crippen LogP contribution < -0.4 is 0 Å². The van der Waals surface area contributed by atoms with Crippen LogP contribution in [-0.2, 0) is 0 Å². The first-order valence-electron chi connectivity index (χ1n) is 9.14. The number of piperidine rings is 1. The van der Waals surface area contributed by atoms with Crippen LogP contribution in [0.4, 0.5) is 0 Å². The fourth-order valence-corrected chi connectivity index (χ4v) is 3.14. The number of rotatable bonds is 11. The smallest absolute Gasteiger partial charge is 0.0693 e. The Bertz CT molecular complexity index is 219. The molecule has 2 atom stereocenters. The Kier molecular flexibility index (Phi) is 10.4. The van der Waals surface area contributed by atoms with Gasteiger partial charge in [0.15, 0.2) is 0 Å². The highest BCUT2D eigenvalue weighted by atomic mass is 16.3. The van der Waals surface area contributed by atoms with Crippen LogP contribution in [0.2, 0.25) is 0 Å². The average Bonchev–Trinajstić information content (AvgIpc) is 2.45. The van der Waals surface area contributed by atoms with E-state index in [-0.39, 0.29) is 6.10 Å². The van der Waals surface area contributed by atoms with E-state index in [9.17, 15) is 5.11 Å². The van der Waals surface area contributed by atoms with Crippen molar-refractivity contribution in [3.8, 4) is 0 Å². The van der Waals surface area contributed by atoms with Crippen LogP contribution in [0.1, 0.15) is 84.5 Å². The summed E-state index contributed by atoms with van der Waals surface area (Å²) in [5.74, 6) is 0.499. The van der Waals surface area contributed by atoms with Gasteiger partial charge in [0.1, 0.15) is 0 Å². The molecule has 1 saturated heterocycles. The molecule has 0 amide bonds. The Morgan fingerprint density at radius 2 is 1.45 bits per heavy atom. The monoisotopic (exact) mass is 283 g/mol. The van der Waals surface area contributed by atoms with E-state index in [1.165, 1.54) is 83.7 Å². The maximum absolute atomic E-state index is 9.87. The summed E-state index contributed by atoms with van der Waals surface area (Å²) in [6, 6.07) is 0. The predicted octanol–water partition coefficient (Wildman–Crippen LogP) is 4.61. The minimum absolute atomic E-state index is 0.0909. The first kappa shape index (κ1) is 18.0. The molecule has 2 nitrogen and oxygen atoms in total. The van der Waals surface area contributed by atoms with Crippen molar-refractivity contribution in [3.05, 3.63) is 0 Å². The Hall–Kier alpha value is -0.0800. The number of aliphatic hydroxyl groups is 1. The van der Waals surface area contributed by atoms with Crippen molar-refractivity contribution in [2.45, 2.75) is 90.6 Å². The van der Waals surface area contributed by atoms with Gasteiger partial charge in [-0.05, 0) is 31.8 Å². The van der Waals surface area contributed by atoms with Gasteiger partial charge in [-0.25, -0.2) is 0 Å². The molecule has 0 aliphatic carbocycles. The van der Waals surface area contributed by atoms with Crippen LogP contribution in [0.25, 0.3) is 0 Å². The Labute approximate surface area is 126 Å². The highest BCUT2D eigenvalue weighted by Gasteiger charge is 2.23. The van der Waals surface area contributed by atoms with E-state index in [0.29, 0.717) is 5.92 Å². The molecule has 0 saturated carbocycles. The van der Waals surface area contributed by atoms with Crippen LogP contribution in [0.15, 0.2) is 0 Å². The van der Waals surface area contributed by atoms with Crippen molar-refractivity contribution in [2.75, 3.05) is 19.6 Å². The van der Waals surface area contributed by atoms with Crippen LogP contribution in [-0.4, -0.2) is 35.7 Å². The van der Waals surface area contributed by atoms with Crippen molar-refractivity contribution < 1.29 is 5.11 Å². The summed E-state index contributed by atoms with van der Waals surface area (Å²) in [4.78, 5) is 2.45. The highest BCUT2D eigenvalue weighted by Crippen LogP contribution is 2.17. The third kappa shape index (κ3) is 8.26. The van der Waals surface area contributed by atoms with Gasteiger partial charge in [0.05, 0.1) is 6.10 Å². The summed E-state index contributed by atoms with van der Waals surface area (Å²) >= 11 is 0. The molecule has 0 aromatic rings. The van der Waals surface area contributed by atoms with E-state index < -0.39 is 0 Å². The van der Waals surface area contributed by atoms with E-state index in [2.05, 4.69) is 18.7 Å². The topological polar surface area (TPSA) is 23.5 Å². The Morgan fingerprint density at radius 3 is 2.00 bits per heavy atom. The van der Waals surface area contributed by atoms with Crippen molar-refractivity contribution in [3.63, 3.8) is 0 Å². The molecule has 20 heavy (non-hydrogen) atoms. The third-order valence-corrected chi connectivity index (χ3v) is 4.83. The zero-order valence-corrected chi connectivity index (χ0v) is 13.9. The Balaban J connectivity index is 1.83. The molecule has 1 aliphatic rings. The lowest BCUT2D eigenvalue weighted by Gasteiger charge is -2.34. The highest BCUT2D eigenvalue weighted by molar-refractivity contribution is 4.76. The normalized spacial score (nSPS) is 24.1. The van der Waals surface area contributed by atoms with Gasteiger partial charge in [0, 0.05) is 6.54 Å². The Morgan fingerprint density at radius 1 is 0.900 bits per heavy atom. The fraction of sp³-hybridized carbons (Fsp3) is 1.00. The van der Waals surface area contributed by atoms with E-state index in [4.69, 9.17) is 0 Å². The van der Waals surface area contributed by atoms with Gasteiger partial charge in [-0.3, -0.25) is 0 Å². The van der Waals surface area contributed by atoms with E-state index >= 15 is 0 Å². The van der Waals surface area contributed by atoms with Crippen LogP contribution in [0.5, 0.6) is 0 Å². The van der Waals surface area contributed by atoms with Gasteiger partial charge in [-0.1, -0.05) is 71.6 Å². The second-order valence-electron chi connectivity index (χ2n) is 6.82. The van der Waals surface area contributed by atoms with Crippen LogP contribution in [0, 0.1) is 5.92 Å². The number of aliphatic hydroxyl groups excluding tert-OH is 1. The second-order valence-corrected chi connectivity index (χ2v) is 6.82. The predicted molar refractivity (Wildman–Crippen MR) is 88.1 cm³/mol. The zero-order chi connectivity index (χ0) is 14.6. The van der Waals surface area contributed by atoms with Crippen molar-refractivity contribution >= 4 is 0 Å². The summed E-state index contributed by atoms with van der Waals surface area (Å²) in [6.45, 7) is 7.74. The molecule has 0 radical (unpaired) electrons. The molecule has 1 N–H and O–H groups in total. The number of nitrogens with zero attached hydrogens (tertiary/aromatic N) is 1. The number of likely N-dealkylation sites (tertiary alicyclic amines) is 1. The first-order valence-corrected chi connectivity index (χ1v) is 9.14. The maximum Gasteiger partial charge on any atom is 0.0693 e. The summed E-state index contributed by atoms with van der Waals surface area (Å²) in [5, 5.41) is 9.87. The summed E-state index contributed by atoms with van der Waals surface area (Å²) < 4.78 is 0. The molecule has 120 valence electrons.